The van der Waals surface area contributed by atoms with Crippen molar-refractivity contribution in [1.82, 2.24) is 5.43 Å². The third kappa shape index (κ3) is 7.54. The maximum absolute atomic E-state index is 12.3. The Kier molecular flexibility index (Phi) is 8.28. The van der Waals surface area contributed by atoms with Crippen molar-refractivity contribution in [1.29, 1.82) is 0 Å². The molecule has 0 spiro atoms. The fraction of sp³-hybridized carbons (Fsp3) is 0.0741. The summed E-state index contributed by atoms with van der Waals surface area (Å²) in [6, 6.07) is 27.1. The molecular formula is C27H26N4O. The number of nitrogens with zero attached hydrogens (tertiary/aromatic N) is 2. The maximum Gasteiger partial charge on any atom is 0.271 e. The lowest BCUT2D eigenvalue weighted by molar-refractivity contribution is 0.0955. The van der Waals surface area contributed by atoms with Crippen LogP contribution in [0.15, 0.2) is 106 Å². The summed E-state index contributed by atoms with van der Waals surface area (Å²) in [6.07, 6.45) is 7.43. The highest BCUT2D eigenvalue weighted by Gasteiger charge is 2.03. The Morgan fingerprint density at radius 2 is 1.19 bits per heavy atom. The largest absolute Gasteiger partial charge is 0.279 e. The van der Waals surface area contributed by atoms with Crippen molar-refractivity contribution in [2.24, 2.45) is 10.2 Å². The van der Waals surface area contributed by atoms with Crippen LogP contribution in [-0.2, 0) is 0 Å². The molecule has 160 valence electrons. The average molecular weight is 423 g/mol. The molecule has 1 amide bonds. The lowest BCUT2D eigenvalue weighted by atomic mass is 10.1. The molecule has 32 heavy (non-hydrogen) atoms. The molecule has 0 unspecified atom stereocenters. The Balaban J connectivity index is 1.49. The molecule has 3 aromatic rings. The van der Waals surface area contributed by atoms with Crippen molar-refractivity contribution < 1.29 is 4.79 Å². The fourth-order valence-corrected chi connectivity index (χ4v) is 2.86. The van der Waals surface area contributed by atoms with Crippen LogP contribution in [0.2, 0.25) is 0 Å². The second-order valence-electron chi connectivity index (χ2n) is 7.24. The minimum absolute atomic E-state index is 0.273. The van der Waals surface area contributed by atoms with Gasteiger partial charge in [-0.1, -0.05) is 72.8 Å². The molecule has 0 aliphatic carbocycles. The van der Waals surface area contributed by atoms with Crippen LogP contribution in [0, 0.1) is 0 Å². The lowest BCUT2D eigenvalue weighted by Crippen LogP contribution is -2.17. The van der Waals surface area contributed by atoms with Crippen molar-refractivity contribution in [3.63, 3.8) is 0 Å². The van der Waals surface area contributed by atoms with Crippen LogP contribution < -0.4 is 10.9 Å². The van der Waals surface area contributed by atoms with Gasteiger partial charge in [0.25, 0.3) is 5.91 Å². The second kappa shape index (κ2) is 11.8. The first-order valence-corrected chi connectivity index (χ1v) is 10.3. The van der Waals surface area contributed by atoms with Gasteiger partial charge < -0.3 is 0 Å². The average Bonchev–Trinajstić information content (AvgIpc) is 2.81. The van der Waals surface area contributed by atoms with E-state index >= 15 is 0 Å². The Morgan fingerprint density at radius 1 is 0.688 bits per heavy atom. The van der Waals surface area contributed by atoms with Gasteiger partial charge >= 0.3 is 0 Å². The Hall–Kier alpha value is -4.25. The molecular weight excluding hydrogens is 396 g/mol. The van der Waals surface area contributed by atoms with E-state index in [4.69, 9.17) is 0 Å². The molecule has 0 aromatic heterocycles. The van der Waals surface area contributed by atoms with Gasteiger partial charge in [-0.15, -0.1) is 0 Å². The number of hydrazone groups is 2. The molecule has 0 saturated heterocycles. The minimum Gasteiger partial charge on any atom is -0.279 e. The van der Waals surface area contributed by atoms with E-state index in [1.165, 1.54) is 0 Å². The maximum atomic E-state index is 12.3. The molecule has 0 heterocycles. The van der Waals surface area contributed by atoms with Gasteiger partial charge in [0.15, 0.2) is 0 Å². The summed E-state index contributed by atoms with van der Waals surface area (Å²) in [4.78, 5) is 12.3. The number of rotatable bonds is 8. The highest BCUT2D eigenvalue weighted by Crippen LogP contribution is 2.10. The van der Waals surface area contributed by atoms with E-state index in [9.17, 15) is 4.79 Å². The molecule has 0 bridgehead atoms. The molecule has 5 heteroatoms. The Morgan fingerprint density at radius 3 is 1.72 bits per heavy atom. The van der Waals surface area contributed by atoms with Crippen molar-refractivity contribution in [2.45, 2.75) is 13.8 Å². The zero-order valence-corrected chi connectivity index (χ0v) is 18.2. The smallest absolute Gasteiger partial charge is 0.271 e. The third-order valence-electron chi connectivity index (χ3n) is 4.43. The summed E-state index contributed by atoms with van der Waals surface area (Å²) in [5.74, 6) is -0.273. The summed E-state index contributed by atoms with van der Waals surface area (Å²) in [5.41, 5.74) is 11.0. The van der Waals surface area contributed by atoms with E-state index in [2.05, 4.69) is 27.1 Å². The third-order valence-corrected chi connectivity index (χ3v) is 4.43. The van der Waals surface area contributed by atoms with Crippen LogP contribution in [0.5, 0.6) is 0 Å². The van der Waals surface area contributed by atoms with Gasteiger partial charge in [-0.2, -0.15) is 10.2 Å². The quantitative estimate of drug-likeness (QED) is 0.345. The van der Waals surface area contributed by atoms with Crippen molar-refractivity contribution in [3.05, 3.63) is 113 Å². The van der Waals surface area contributed by atoms with E-state index in [-0.39, 0.29) is 5.91 Å². The van der Waals surface area contributed by atoms with Gasteiger partial charge in [-0.3, -0.25) is 10.2 Å². The summed E-state index contributed by atoms with van der Waals surface area (Å²) in [7, 11) is 0. The number of amides is 1. The number of carbonyl (C=O) groups excluding carboxylic acids is 1. The second-order valence-corrected chi connectivity index (χ2v) is 7.24. The first-order valence-electron chi connectivity index (χ1n) is 10.3. The number of carbonyl (C=O) groups is 1. The summed E-state index contributed by atoms with van der Waals surface area (Å²) in [6.45, 7) is 3.92. The number of benzene rings is 3. The van der Waals surface area contributed by atoms with Gasteiger partial charge in [0, 0.05) is 5.56 Å². The van der Waals surface area contributed by atoms with Crippen LogP contribution >= 0.6 is 0 Å². The highest BCUT2D eigenvalue weighted by molar-refractivity contribution is 5.95. The van der Waals surface area contributed by atoms with E-state index < -0.39 is 0 Å². The first-order chi connectivity index (χ1) is 15.6. The van der Waals surface area contributed by atoms with Crippen LogP contribution in [0.4, 0.5) is 5.69 Å². The highest BCUT2D eigenvalue weighted by atomic mass is 16.2. The summed E-state index contributed by atoms with van der Waals surface area (Å²) in [5, 5.41) is 8.27. The summed E-state index contributed by atoms with van der Waals surface area (Å²) < 4.78 is 0. The molecule has 0 atom stereocenters. The van der Waals surface area contributed by atoms with Crippen molar-refractivity contribution >= 4 is 36.2 Å². The molecule has 0 aliphatic heterocycles. The first kappa shape index (κ1) is 22.4. The molecule has 0 fully saturated rings. The van der Waals surface area contributed by atoms with Gasteiger partial charge in [-0.25, -0.2) is 5.43 Å². The van der Waals surface area contributed by atoms with Crippen LogP contribution in [-0.4, -0.2) is 18.3 Å². The number of allylic oxidation sites excluding steroid dienone is 2. The lowest BCUT2D eigenvalue weighted by Gasteiger charge is -2.03. The molecule has 3 rings (SSSR count). The van der Waals surface area contributed by atoms with E-state index in [1.54, 1.807) is 36.7 Å². The molecule has 0 saturated carbocycles. The predicted octanol–water partition coefficient (Wildman–Crippen LogP) is 6.01. The van der Waals surface area contributed by atoms with Crippen LogP contribution in [0.25, 0.3) is 12.2 Å². The zero-order valence-electron chi connectivity index (χ0n) is 18.2. The number of anilines is 1. The van der Waals surface area contributed by atoms with Crippen molar-refractivity contribution in [3.8, 4) is 0 Å². The van der Waals surface area contributed by atoms with Crippen LogP contribution in [0.3, 0.4) is 0 Å². The van der Waals surface area contributed by atoms with Gasteiger partial charge in [0.05, 0.1) is 18.1 Å². The monoisotopic (exact) mass is 422 g/mol. The number of nitrogens with one attached hydrogen (secondary N) is 2. The predicted molar refractivity (Wildman–Crippen MR) is 135 cm³/mol. The number of hydrogen-bond acceptors (Lipinski definition) is 4. The normalized spacial score (nSPS) is 12.3. The van der Waals surface area contributed by atoms with Gasteiger partial charge in [0.1, 0.15) is 0 Å². The molecule has 0 aliphatic rings. The minimum atomic E-state index is -0.273. The van der Waals surface area contributed by atoms with Gasteiger partial charge in [0.2, 0.25) is 0 Å². The van der Waals surface area contributed by atoms with E-state index in [1.807, 2.05) is 80.6 Å². The number of hydrogen-bond donors (Lipinski definition) is 2. The molecule has 3 aromatic carbocycles. The molecule has 0 radical (unpaired) electrons. The topological polar surface area (TPSA) is 65.8 Å². The van der Waals surface area contributed by atoms with E-state index in [0.29, 0.717) is 5.56 Å². The fourth-order valence-electron chi connectivity index (χ4n) is 2.86. The van der Waals surface area contributed by atoms with Crippen LogP contribution in [0.1, 0.15) is 35.3 Å². The molecule has 2 N–H and O–H groups in total. The standard InChI is InChI=1S/C27H26N4O/c1-21(17-23-9-5-3-6-10-23)19-28-30-26-15-13-25(14-16-26)27(32)31-29-20-22(2)18-24-11-7-4-8-12-24/h3-20,30H,1-2H3,(H,31,32)/b21-17?,22-18-,28-19+,29-20?. The van der Waals surface area contributed by atoms with Crippen molar-refractivity contribution in [2.75, 3.05) is 5.43 Å². The Labute approximate surface area is 188 Å². The zero-order chi connectivity index (χ0) is 22.6. The van der Waals surface area contributed by atoms with E-state index in [0.717, 1.165) is 28.0 Å². The molecule has 5 nitrogen and oxygen atoms in total. The Bertz CT molecular complexity index is 1130. The summed E-state index contributed by atoms with van der Waals surface area (Å²) >= 11 is 0. The van der Waals surface area contributed by atoms with Gasteiger partial charge in [-0.05, 0) is 60.4 Å². The SMILES string of the molecule is CC(=Cc1ccccc1)/C=N/Nc1ccc(C(=O)NN=C/C(C)=C\c2ccccc2)cc1.